The smallest absolute Gasteiger partial charge is 0.0621 e. The summed E-state index contributed by atoms with van der Waals surface area (Å²) in [5.74, 6) is 0.690. The molecule has 0 saturated carbocycles. The molecule has 2 heteroatoms. The van der Waals surface area contributed by atoms with E-state index in [0.29, 0.717) is 12.3 Å². The molecule has 1 nitrogen and oxygen atoms in total. The van der Waals surface area contributed by atoms with Gasteiger partial charge in [-0.2, -0.15) is 5.26 Å². The predicted octanol–water partition coefficient (Wildman–Crippen LogP) is 2.55. The summed E-state index contributed by atoms with van der Waals surface area (Å²) in [6, 6.07) is 2.21. The second kappa shape index (κ2) is 5.37. The standard InChI is InChI=1S/C9H18NSi/c1-8(2)9(11(3)4)6-5-7-10/h8,11H,5-6H2,1-4H3. The third-order valence-corrected chi connectivity index (χ3v) is 4.45. The Morgan fingerprint density at radius 1 is 1.45 bits per heavy atom. The van der Waals surface area contributed by atoms with Crippen molar-refractivity contribution in [3.63, 3.8) is 0 Å². The number of rotatable bonds is 4. The molecule has 0 aliphatic rings. The molecular weight excluding hydrogens is 150 g/mol. The molecule has 63 valence electrons. The molecule has 0 spiro atoms. The lowest BCUT2D eigenvalue weighted by atomic mass is 10.1. The van der Waals surface area contributed by atoms with Crippen LogP contribution >= 0.6 is 0 Å². The highest BCUT2D eigenvalue weighted by Crippen LogP contribution is 2.22. The zero-order valence-corrected chi connectivity index (χ0v) is 9.17. The summed E-state index contributed by atoms with van der Waals surface area (Å²) in [6.45, 7) is 9.15. The van der Waals surface area contributed by atoms with Crippen LogP contribution in [0, 0.1) is 22.8 Å². The second-order valence-electron chi connectivity index (χ2n) is 3.54. The van der Waals surface area contributed by atoms with Crippen LogP contribution in [0.5, 0.6) is 0 Å². The van der Waals surface area contributed by atoms with Crippen molar-refractivity contribution in [3.05, 3.63) is 5.54 Å². The molecule has 0 fully saturated rings. The van der Waals surface area contributed by atoms with Gasteiger partial charge in [0.05, 0.1) is 6.07 Å². The molecule has 0 aromatic carbocycles. The second-order valence-corrected chi connectivity index (χ2v) is 6.59. The Morgan fingerprint density at radius 2 is 2.00 bits per heavy atom. The predicted molar refractivity (Wildman–Crippen MR) is 51.8 cm³/mol. The van der Waals surface area contributed by atoms with Crippen molar-refractivity contribution in [2.24, 2.45) is 5.92 Å². The van der Waals surface area contributed by atoms with Gasteiger partial charge in [-0.05, 0) is 17.9 Å². The van der Waals surface area contributed by atoms with Crippen LogP contribution in [0.2, 0.25) is 13.1 Å². The van der Waals surface area contributed by atoms with Gasteiger partial charge in [-0.25, -0.2) is 0 Å². The van der Waals surface area contributed by atoms with Crippen LogP contribution < -0.4 is 0 Å². The van der Waals surface area contributed by atoms with E-state index in [1.807, 2.05) is 0 Å². The highest BCUT2D eigenvalue weighted by atomic mass is 28.3. The third kappa shape index (κ3) is 4.21. The fourth-order valence-corrected chi connectivity index (χ4v) is 3.50. The maximum absolute atomic E-state index is 8.43. The summed E-state index contributed by atoms with van der Waals surface area (Å²) in [7, 11) is -0.609. The Hall–Kier alpha value is -0.293. The van der Waals surface area contributed by atoms with Crippen molar-refractivity contribution in [1.29, 1.82) is 5.26 Å². The SMILES string of the molecule is CC(C)[C](CCC#N)[SiH](C)C. The lowest BCUT2D eigenvalue weighted by Crippen LogP contribution is -2.21. The van der Waals surface area contributed by atoms with Gasteiger partial charge < -0.3 is 0 Å². The van der Waals surface area contributed by atoms with E-state index in [2.05, 4.69) is 33.0 Å². The van der Waals surface area contributed by atoms with Gasteiger partial charge in [0, 0.05) is 15.2 Å². The average Bonchev–Trinajstić information content (AvgIpc) is 1.87. The first-order chi connectivity index (χ1) is 5.09. The Kier molecular flexibility index (Phi) is 5.23. The van der Waals surface area contributed by atoms with Gasteiger partial charge in [0.1, 0.15) is 0 Å². The quantitative estimate of drug-likeness (QED) is 0.592. The van der Waals surface area contributed by atoms with Crippen molar-refractivity contribution in [2.45, 2.75) is 39.8 Å². The first kappa shape index (κ1) is 10.7. The molecule has 11 heavy (non-hydrogen) atoms. The van der Waals surface area contributed by atoms with Crippen molar-refractivity contribution < 1.29 is 0 Å². The molecule has 0 heterocycles. The van der Waals surface area contributed by atoms with E-state index in [1.165, 1.54) is 0 Å². The van der Waals surface area contributed by atoms with E-state index in [1.54, 1.807) is 5.54 Å². The highest BCUT2D eigenvalue weighted by molar-refractivity contribution is 6.62. The van der Waals surface area contributed by atoms with E-state index >= 15 is 0 Å². The van der Waals surface area contributed by atoms with Crippen molar-refractivity contribution >= 4 is 8.80 Å². The molecule has 0 saturated heterocycles. The third-order valence-electron chi connectivity index (χ3n) is 2.01. The molecule has 0 aromatic heterocycles. The highest BCUT2D eigenvalue weighted by Gasteiger charge is 2.17. The van der Waals surface area contributed by atoms with Crippen molar-refractivity contribution in [2.75, 3.05) is 0 Å². The molecular formula is C9H18NSi. The Bertz CT molecular complexity index is 127. The van der Waals surface area contributed by atoms with Crippen LogP contribution in [0.15, 0.2) is 0 Å². The van der Waals surface area contributed by atoms with E-state index in [9.17, 15) is 0 Å². The fraction of sp³-hybridized carbons (Fsp3) is 0.778. The maximum atomic E-state index is 8.43. The summed E-state index contributed by atoms with van der Waals surface area (Å²) < 4.78 is 0. The summed E-state index contributed by atoms with van der Waals surface area (Å²) in [5.41, 5.74) is 1.66. The van der Waals surface area contributed by atoms with Crippen LogP contribution in [0.3, 0.4) is 0 Å². The lowest BCUT2D eigenvalue weighted by Gasteiger charge is -2.21. The van der Waals surface area contributed by atoms with E-state index in [4.69, 9.17) is 5.26 Å². The van der Waals surface area contributed by atoms with Crippen molar-refractivity contribution in [3.8, 4) is 6.07 Å². The van der Waals surface area contributed by atoms with E-state index < -0.39 is 8.80 Å². The minimum Gasteiger partial charge on any atom is -0.198 e. The Labute approximate surface area is 72.0 Å². The van der Waals surface area contributed by atoms with Crippen molar-refractivity contribution in [1.82, 2.24) is 0 Å². The zero-order valence-electron chi connectivity index (χ0n) is 8.02. The fourth-order valence-electron chi connectivity index (χ4n) is 1.44. The normalized spacial score (nSPS) is 11.1. The van der Waals surface area contributed by atoms with E-state index in [-0.39, 0.29) is 0 Å². The number of nitrogens with zero attached hydrogens (tertiary/aromatic N) is 1. The Balaban J connectivity index is 3.82. The first-order valence-electron chi connectivity index (χ1n) is 4.32. The topological polar surface area (TPSA) is 23.8 Å². The number of hydrogen-bond acceptors (Lipinski definition) is 1. The average molecular weight is 168 g/mol. The van der Waals surface area contributed by atoms with Gasteiger partial charge in [0.25, 0.3) is 0 Å². The molecule has 0 N–H and O–H groups in total. The monoisotopic (exact) mass is 168 g/mol. The summed E-state index contributed by atoms with van der Waals surface area (Å²) >= 11 is 0. The molecule has 0 aliphatic heterocycles. The van der Waals surface area contributed by atoms with Gasteiger partial charge in [-0.1, -0.05) is 26.9 Å². The molecule has 0 rings (SSSR count). The van der Waals surface area contributed by atoms with Crippen LogP contribution in [-0.2, 0) is 0 Å². The van der Waals surface area contributed by atoms with Gasteiger partial charge >= 0.3 is 0 Å². The largest absolute Gasteiger partial charge is 0.198 e. The Morgan fingerprint density at radius 3 is 2.27 bits per heavy atom. The van der Waals surface area contributed by atoms with Crippen LogP contribution in [-0.4, -0.2) is 8.80 Å². The summed E-state index contributed by atoms with van der Waals surface area (Å²) in [5, 5.41) is 8.43. The zero-order chi connectivity index (χ0) is 8.85. The molecule has 0 bridgehead atoms. The maximum Gasteiger partial charge on any atom is 0.0621 e. The van der Waals surface area contributed by atoms with Gasteiger partial charge in [0.15, 0.2) is 0 Å². The van der Waals surface area contributed by atoms with Gasteiger partial charge in [-0.3, -0.25) is 0 Å². The molecule has 1 radical (unpaired) electrons. The van der Waals surface area contributed by atoms with Crippen LogP contribution in [0.1, 0.15) is 26.7 Å². The van der Waals surface area contributed by atoms with Crippen LogP contribution in [0.25, 0.3) is 0 Å². The summed E-state index contributed by atoms with van der Waals surface area (Å²) in [4.78, 5) is 0. The number of nitriles is 1. The number of hydrogen-bond donors (Lipinski definition) is 0. The minimum atomic E-state index is -0.609. The minimum absolute atomic E-state index is 0.609. The van der Waals surface area contributed by atoms with Gasteiger partial charge in [-0.15, -0.1) is 0 Å². The van der Waals surface area contributed by atoms with Gasteiger partial charge in [0.2, 0.25) is 0 Å². The lowest BCUT2D eigenvalue weighted by molar-refractivity contribution is 0.667. The molecule has 0 amide bonds. The van der Waals surface area contributed by atoms with Crippen LogP contribution in [0.4, 0.5) is 0 Å². The van der Waals surface area contributed by atoms with E-state index in [0.717, 1.165) is 6.42 Å². The summed E-state index contributed by atoms with van der Waals surface area (Å²) in [6.07, 6.45) is 1.75. The molecule has 0 aliphatic carbocycles. The molecule has 0 atom stereocenters. The molecule has 0 aromatic rings. The first-order valence-corrected chi connectivity index (χ1v) is 7.20. The molecule has 0 unspecified atom stereocenters.